The van der Waals surface area contributed by atoms with Gasteiger partial charge in [-0.05, 0) is 58.7 Å². The zero-order chi connectivity index (χ0) is 14.9. The third-order valence-corrected chi connectivity index (χ3v) is 4.57. The fraction of sp³-hybridized carbons (Fsp3) is 0.0769. The molecule has 0 bridgehead atoms. The smallest absolute Gasteiger partial charge is 0.262 e. The Morgan fingerprint density at radius 1 is 1.25 bits per heavy atom. The Balaban J connectivity index is 2.46. The number of aryl methyl sites for hydroxylation is 1. The molecule has 0 saturated heterocycles. The van der Waals surface area contributed by atoms with Crippen LogP contribution in [0.25, 0.3) is 0 Å². The van der Waals surface area contributed by atoms with Crippen molar-refractivity contribution in [2.24, 2.45) is 0 Å². The van der Waals surface area contributed by atoms with Crippen LogP contribution in [-0.2, 0) is 10.0 Å². The number of nitrogen functional groups attached to an aromatic ring is 1. The summed E-state index contributed by atoms with van der Waals surface area (Å²) in [5, 5.41) is 0. The molecule has 0 aromatic heterocycles. The largest absolute Gasteiger partial charge is 0.399 e. The molecule has 0 unspecified atom stereocenters. The van der Waals surface area contributed by atoms with Crippen LogP contribution in [0, 0.1) is 12.7 Å². The van der Waals surface area contributed by atoms with E-state index in [0.29, 0.717) is 15.7 Å². The number of nitrogens with one attached hydrogen (secondary N) is 1. The fourth-order valence-corrected chi connectivity index (χ4v) is 3.52. The number of hydrogen-bond acceptors (Lipinski definition) is 3. The molecule has 2 aromatic rings. The van der Waals surface area contributed by atoms with Crippen molar-refractivity contribution < 1.29 is 12.8 Å². The van der Waals surface area contributed by atoms with Crippen LogP contribution in [0.4, 0.5) is 15.8 Å². The van der Waals surface area contributed by atoms with Crippen LogP contribution in [0.15, 0.2) is 45.8 Å². The average molecular weight is 359 g/mol. The van der Waals surface area contributed by atoms with Gasteiger partial charge in [0.2, 0.25) is 0 Å². The molecule has 0 atom stereocenters. The van der Waals surface area contributed by atoms with Crippen LogP contribution in [0.3, 0.4) is 0 Å². The number of rotatable bonds is 3. The number of para-hydroxylation sites is 1. The van der Waals surface area contributed by atoms with E-state index in [0.717, 1.165) is 0 Å². The number of hydrogen-bond donors (Lipinski definition) is 2. The number of nitrogens with two attached hydrogens (primary N) is 1. The Hall–Kier alpha value is -1.60. The van der Waals surface area contributed by atoms with Crippen molar-refractivity contribution in [2.75, 3.05) is 10.5 Å². The van der Waals surface area contributed by atoms with Crippen molar-refractivity contribution in [1.29, 1.82) is 0 Å². The van der Waals surface area contributed by atoms with Crippen LogP contribution in [-0.4, -0.2) is 8.42 Å². The van der Waals surface area contributed by atoms with Crippen LogP contribution in [0.1, 0.15) is 5.56 Å². The van der Waals surface area contributed by atoms with Gasteiger partial charge in [0.05, 0.1) is 10.6 Å². The first-order valence-corrected chi connectivity index (χ1v) is 7.91. The summed E-state index contributed by atoms with van der Waals surface area (Å²) in [4.78, 5) is -0.00912. The summed E-state index contributed by atoms with van der Waals surface area (Å²) in [6.45, 7) is 1.73. The zero-order valence-corrected chi connectivity index (χ0v) is 12.9. The summed E-state index contributed by atoms with van der Waals surface area (Å²) in [6.07, 6.45) is 0. The predicted octanol–water partition coefficient (Wildman–Crippen LogP) is 3.28. The van der Waals surface area contributed by atoms with Gasteiger partial charge in [-0.3, -0.25) is 4.72 Å². The second kappa shape index (κ2) is 5.41. The van der Waals surface area contributed by atoms with E-state index in [1.807, 2.05) is 0 Å². The maximum Gasteiger partial charge on any atom is 0.262 e. The molecule has 0 radical (unpaired) electrons. The van der Waals surface area contributed by atoms with E-state index in [9.17, 15) is 12.8 Å². The summed E-state index contributed by atoms with van der Waals surface area (Å²) in [5.74, 6) is -0.663. The Morgan fingerprint density at radius 3 is 2.55 bits per heavy atom. The molecule has 0 aliphatic rings. The van der Waals surface area contributed by atoms with Gasteiger partial charge in [0.25, 0.3) is 10.0 Å². The van der Waals surface area contributed by atoms with Gasteiger partial charge in [0, 0.05) is 10.2 Å². The van der Waals surface area contributed by atoms with Gasteiger partial charge >= 0.3 is 0 Å². The molecule has 0 heterocycles. The monoisotopic (exact) mass is 358 g/mol. The van der Waals surface area contributed by atoms with E-state index in [2.05, 4.69) is 20.7 Å². The number of benzene rings is 2. The SMILES string of the molecule is Cc1cc(N)cc(S(=O)(=O)Nc2c(F)cccc2Br)c1. The topological polar surface area (TPSA) is 72.2 Å². The van der Waals surface area contributed by atoms with Gasteiger partial charge in [-0.25, -0.2) is 12.8 Å². The average Bonchev–Trinajstić information content (AvgIpc) is 2.33. The second-order valence-electron chi connectivity index (χ2n) is 4.28. The molecule has 0 amide bonds. The summed E-state index contributed by atoms with van der Waals surface area (Å²) in [6, 6.07) is 8.64. The Labute approximate surface area is 125 Å². The molecule has 106 valence electrons. The highest BCUT2D eigenvalue weighted by molar-refractivity contribution is 9.10. The quantitative estimate of drug-likeness (QED) is 0.827. The lowest BCUT2D eigenvalue weighted by atomic mass is 10.2. The first-order valence-electron chi connectivity index (χ1n) is 5.63. The van der Waals surface area contributed by atoms with Gasteiger partial charge in [0.15, 0.2) is 0 Å². The third-order valence-electron chi connectivity index (χ3n) is 2.58. The lowest BCUT2D eigenvalue weighted by Gasteiger charge is -2.11. The Morgan fingerprint density at radius 2 is 1.95 bits per heavy atom. The van der Waals surface area contributed by atoms with Crippen molar-refractivity contribution in [3.63, 3.8) is 0 Å². The molecule has 0 saturated carbocycles. The minimum absolute atomic E-state index is 0.00912. The maximum atomic E-state index is 13.7. The van der Waals surface area contributed by atoms with Gasteiger partial charge in [-0.1, -0.05) is 6.07 Å². The number of halogens is 2. The van der Waals surface area contributed by atoms with Crippen molar-refractivity contribution in [2.45, 2.75) is 11.8 Å². The summed E-state index contributed by atoms with van der Waals surface area (Å²) < 4.78 is 40.7. The fourth-order valence-electron chi connectivity index (χ4n) is 1.72. The molecule has 7 heteroatoms. The van der Waals surface area contributed by atoms with Crippen LogP contribution >= 0.6 is 15.9 Å². The minimum atomic E-state index is -3.90. The lowest BCUT2D eigenvalue weighted by molar-refractivity contribution is 0.598. The van der Waals surface area contributed by atoms with Crippen LogP contribution < -0.4 is 10.5 Å². The maximum absolute atomic E-state index is 13.7. The molecular formula is C13H12BrFN2O2S. The molecule has 0 aliphatic carbocycles. The highest BCUT2D eigenvalue weighted by atomic mass is 79.9. The molecule has 0 spiro atoms. The molecule has 0 fully saturated rings. The zero-order valence-electron chi connectivity index (χ0n) is 10.5. The summed E-state index contributed by atoms with van der Waals surface area (Å²) in [7, 11) is -3.90. The van der Waals surface area contributed by atoms with E-state index in [1.54, 1.807) is 19.1 Å². The normalized spacial score (nSPS) is 11.3. The van der Waals surface area contributed by atoms with Crippen molar-refractivity contribution in [1.82, 2.24) is 0 Å². The van der Waals surface area contributed by atoms with Crippen molar-refractivity contribution >= 4 is 37.3 Å². The molecule has 4 nitrogen and oxygen atoms in total. The van der Waals surface area contributed by atoms with Gasteiger partial charge in [-0.15, -0.1) is 0 Å². The summed E-state index contributed by atoms with van der Waals surface area (Å²) >= 11 is 3.11. The highest BCUT2D eigenvalue weighted by Gasteiger charge is 2.18. The van der Waals surface area contributed by atoms with Crippen LogP contribution in [0.5, 0.6) is 0 Å². The first-order chi connectivity index (χ1) is 9.29. The van der Waals surface area contributed by atoms with Gasteiger partial charge < -0.3 is 5.73 Å². The number of sulfonamides is 1. The Kier molecular flexibility index (Phi) is 4.01. The van der Waals surface area contributed by atoms with Crippen LogP contribution in [0.2, 0.25) is 0 Å². The molecule has 2 aromatic carbocycles. The minimum Gasteiger partial charge on any atom is -0.399 e. The van der Waals surface area contributed by atoms with Crippen molar-refractivity contribution in [3.8, 4) is 0 Å². The molecule has 3 N–H and O–H groups in total. The van der Waals surface area contributed by atoms with E-state index in [4.69, 9.17) is 5.73 Å². The van der Waals surface area contributed by atoms with E-state index in [1.165, 1.54) is 24.3 Å². The van der Waals surface area contributed by atoms with Gasteiger partial charge in [-0.2, -0.15) is 0 Å². The lowest BCUT2D eigenvalue weighted by Crippen LogP contribution is -2.15. The molecular weight excluding hydrogens is 347 g/mol. The Bertz CT molecular complexity index is 722. The first kappa shape index (κ1) is 14.8. The second-order valence-corrected chi connectivity index (χ2v) is 6.82. The summed E-state index contributed by atoms with van der Waals surface area (Å²) in [5.41, 5.74) is 6.54. The van der Waals surface area contributed by atoms with Gasteiger partial charge in [0.1, 0.15) is 5.82 Å². The van der Waals surface area contributed by atoms with E-state index < -0.39 is 15.8 Å². The van der Waals surface area contributed by atoms with Crippen molar-refractivity contribution in [3.05, 3.63) is 52.3 Å². The molecule has 0 aliphatic heterocycles. The molecule has 2 rings (SSSR count). The molecule has 20 heavy (non-hydrogen) atoms. The number of anilines is 2. The van der Waals surface area contributed by atoms with E-state index >= 15 is 0 Å². The highest BCUT2D eigenvalue weighted by Crippen LogP contribution is 2.28. The third kappa shape index (κ3) is 3.10. The van der Waals surface area contributed by atoms with E-state index in [-0.39, 0.29) is 10.6 Å². The predicted molar refractivity (Wildman–Crippen MR) is 80.5 cm³/mol. The standard InChI is InChI=1S/C13H12BrFN2O2S/c1-8-5-9(16)7-10(6-8)20(18,19)17-13-11(14)3-2-4-12(13)15/h2-7,17H,16H2,1H3.